The van der Waals surface area contributed by atoms with Crippen LogP contribution in [-0.4, -0.2) is 47.7 Å². The van der Waals surface area contributed by atoms with E-state index in [1.165, 1.54) is 6.92 Å². The second kappa shape index (κ2) is 5.11. The van der Waals surface area contributed by atoms with Crippen molar-refractivity contribution in [1.29, 1.82) is 0 Å². The van der Waals surface area contributed by atoms with Crippen LogP contribution in [0, 0.1) is 5.92 Å². The van der Waals surface area contributed by atoms with Gasteiger partial charge in [0.1, 0.15) is 5.92 Å². The Balaban J connectivity index is 2.60. The van der Waals surface area contributed by atoms with Crippen molar-refractivity contribution in [3.63, 3.8) is 0 Å². The summed E-state index contributed by atoms with van der Waals surface area (Å²) >= 11 is 0. The zero-order valence-electron chi connectivity index (χ0n) is 9.10. The average molecular weight is 215 g/mol. The summed E-state index contributed by atoms with van der Waals surface area (Å²) in [5.74, 6) is -1.09. The summed E-state index contributed by atoms with van der Waals surface area (Å²) in [6.45, 7) is 4.24. The minimum absolute atomic E-state index is 0.0730. The number of carbonyl (C=O) groups excluding carboxylic acids is 2. The van der Waals surface area contributed by atoms with Gasteiger partial charge in [0, 0.05) is 20.0 Å². The second-order valence-electron chi connectivity index (χ2n) is 3.68. The zero-order chi connectivity index (χ0) is 11.4. The zero-order valence-corrected chi connectivity index (χ0v) is 9.10. The van der Waals surface area contributed by atoms with Crippen LogP contribution < -0.4 is 0 Å². The molecule has 1 aliphatic rings. The molecule has 0 spiro atoms. The van der Waals surface area contributed by atoms with Gasteiger partial charge in [-0.1, -0.05) is 0 Å². The third-order valence-electron chi connectivity index (χ3n) is 2.61. The van der Waals surface area contributed by atoms with E-state index in [1.54, 1.807) is 11.8 Å². The van der Waals surface area contributed by atoms with Crippen LogP contribution >= 0.6 is 0 Å². The van der Waals surface area contributed by atoms with Crippen molar-refractivity contribution in [3.05, 3.63) is 0 Å². The van der Waals surface area contributed by atoms with Gasteiger partial charge in [-0.05, 0) is 13.3 Å². The van der Waals surface area contributed by atoms with E-state index < -0.39 is 18.0 Å². The van der Waals surface area contributed by atoms with Crippen molar-refractivity contribution >= 4 is 11.9 Å². The average Bonchev–Trinajstić information content (AvgIpc) is 2.18. The summed E-state index contributed by atoms with van der Waals surface area (Å²) in [4.78, 5) is 24.1. The molecule has 1 saturated heterocycles. The molecule has 1 aliphatic heterocycles. The van der Waals surface area contributed by atoms with Gasteiger partial charge in [0.25, 0.3) is 0 Å². The molecular weight excluding hydrogens is 198 g/mol. The molecule has 0 aliphatic carbocycles. The van der Waals surface area contributed by atoms with Crippen LogP contribution in [0.25, 0.3) is 0 Å². The highest BCUT2D eigenvalue weighted by molar-refractivity contribution is 5.77. The molecule has 5 heteroatoms. The molecule has 86 valence electrons. The smallest absolute Gasteiger partial charge is 0.313 e. The Kier molecular flexibility index (Phi) is 4.08. The van der Waals surface area contributed by atoms with Crippen molar-refractivity contribution in [3.8, 4) is 0 Å². The Hall–Kier alpha value is -1.10. The van der Waals surface area contributed by atoms with E-state index in [0.717, 1.165) is 0 Å². The van der Waals surface area contributed by atoms with E-state index in [4.69, 9.17) is 4.74 Å². The van der Waals surface area contributed by atoms with Crippen molar-refractivity contribution < 1.29 is 19.4 Å². The maximum atomic E-state index is 11.5. The lowest BCUT2D eigenvalue weighted by molar-refractivity contribution is -0.156. The lowest BCUT2D eigenvalue weighted by Crippen LogP contribution is -2.48. The minimum atomic E-state index is -0.695. The molecule has 0 bridgehead atoms. The van der Waals surface area contributed by atoms with E-state index in [2.05, 4.69) is 0 Å². The highest BCUT2D eigenvalue weighted by Crippen LogP contribution is 2.18. The monoisotopic (exact) mass is 215 g/mol. The van der Waals surface area contributed by atoms with E-state index in [0.29, 0.717) is 19.6 Å². The number of esters is 1. The predicted octanol–water partition coefficient (Wildman–Crippen LogP) is -0.221. The number of aliphatic hydroxyl groups is 1. The fourth-order valence-electron chi connectivity index (χ4n) is 1.71. The van der Waals surface area contributed by atoms with Gasteiger partial charge in [-0.15, -0.1) is 0 Å². The molecule has 2 unspecified atom stereocenters. The first-order valence-electron chi connectivity index (χ1n) is 5.16. The Bertz CT molecular complexity index is 254. The first kappa shape index (κ1) is 12.0. The molecule has 0 aromatic heterocycles. The topological polar surface area (TPSA) is 66.8 Å². The number of piperidine rings is 1. The number of ether oxygens (including phenoxy) is 1. The van der Waals surface area contributed by atoms with Gasteiger partial charge in [0.05, 0.1) is 12.7 Å². The summed E-state index contributed by atoms with van der Waals surface area (Å²) in [6, 6.07) is 0. The van der Waals surface area contributed by atoms with Crippen molar-refractivity contribution in [2.45, 2.75) is 26.4 Å². The predicted molar refractivity (Wildman–Crippen MR) is 53.0 cm³/mol. The van der Waals surface area contributed by atoms with Crippen LogP contribution in [-0.2, 0) is 14.3 Å². The first-order valence-corrected chi connectivity index (χ1v) is 5.16. The Morgan fingerprint density at radius 1 is 1.53 bits per heavy atom. The Labute approximate surface area is 89.0 Å². The van der Waals surface area contributed by atoms with E-state index in [-0.39, 0.29) is 12.5 Å². The van der Waals surface area contributed by atoms with Crippen molar-refractivity contribution in [2.75, 3.05) is 19.7 Å². The van der Waals surface area contributed by atoms with Crippen LogP contribution in [0.2, 0.25) is 0 Å². The molecule has 0 saturated carbocycles. The van der Waals surface area contributed by atoms with Gasteiger partial charge in [-0.25, -0.2) is 0 Å². The first-order chi connectivity index (χ1) is 7.06. The number of aliphatic hydroxyl groups excluding tert-OH is 1. The molecule has 0 aromatic carbocycles. The molecule has 1 rings (SSSR count). The maximum Gasteiger partial charge on any atom is 0.313 e. The fourth-order valence-corrected chi connectivity index (χ4v) is 1.71. The van der Waals surface area contributed by atoms with E-state index in [9.17, 15) is 14.7 Å². The van der Waals surface area contributed by atoms with Gasteiger partial charge in [0.2, 0.25) is 5.91 Å². The van der Waals surface area contributed by atoms with Gasteiger partial charge in [0.15, 0.2) is 0 Å². The lowest BCUT2D eigenvalue weighted by Gasteiger charge is -2.34. The Morgan fingerprint density at radius 2 is 2.20 bits per heavy atom. The summed E-state index contributed by atoms with van der Waals surface area (Å²) in [5, 5.41) is 9.63. The molecule has 1 N–H and O–H groups in total. The Morgan fingerprint density at radius 3 is 2.73 bits per heavy atom. The van der Waals surface area contributed by atoms with Crippen LogP contribution in [0.4, 0.5) is 0 Å². The number of rotatable bonds is 2. The molecule has 0 aromatic rings. The lowest BCUT2D eigenvalue weighted by atomic mass is 9.95. The van der Waals surface area contributed by atoms with Crippen LogP contribution in [0.15, 0.2) is 0 Å². The van der Waals surface area contributed by atoms with Crippen molar-refractivity contribution in [2.24, 2.45) is 5.92 Å². The number of carbonyl (C=O) groups is 2. The molecule has 5 nitrogen and oxygen atoms in total. The SMILES string of the molecule is CCOC(=O)C1CN(C(C)=O)CCC1O. The fraction of sp³-hybridized carbons (Fsp3) is 0.800. The quantitative estimate of drug-likeness (QED) is 0.647. The molecule has 1 fully saturated rings. The number of hydrogen-bond donors (Lipinski definition) is 1. The molecule has 15 heavy (non-hydrogen) atoms. The number of likely N-dealkylation sites (tertiary alicyclic amines) is 1. The largest absolute Gasteiger partial charge is 0.466 e. The maximum absolute atomic E-state index is 11.5. The van der Waals surface area contributed by atoms with Crippen molar-refractivity contribution in [1.82, 2.24) is 4.90 Å². The summed E-state index contributed by atoms with van der Waals surface area (Å²) < 4.78 is 4.84. The number of hydrogen-bond acceptors (Lipinski definition) is 4. The van der Waals surface area contributed by atoms with Crippen LogP contribution in [0.1, 0.15) is 20.3 Å². The van der Waals surface area contributed by atoms with Crippen LogP contribution in [0.5, 0.6) is 0 Å². The normalized spacial score (nSPS) is 26.2. The van der Waals surface area contributed by atoms with Gasteiger partial charge in [-0.2, -0.15) is 0 Å². The molecular formula is C10H17NO4. The van der Waals surface area contributed by atoms with E-state index in [1.807, 2.05) is 0 Å². The summed E-state index contributed by atoms with van der Waals surface area (Å²) in [6.07, 6.45) is -0.261. The van der Waals surface area contributed by atoms with E-state index >= 15 is 0 Å². The highest BCUT2D eigenvalue weighted by Gasteiger charge is 2.34. The summed E-state index contributed by atoms with van der Waals surface area (Å²) in [5.41, 5.74) is 0. The number of amides is 1. The summed E-state index contributed by atoms with van der Waals surface area (Å²) in [7, 11) is 0. The van der Waals surface area contributed by atoms with Gasteiger partial charge >= 0.3 is 5.97 Å². The molecule has 1 amide bonds. The standard InChI is InChI=1S/C10H17NO4/c1-3-15-10(14)8-6-11(7(2)12)5-4-9(8)13/h8-9,13H,3-6H2,1-2H3. The molecule has 0 radical (unpaired) electrons. The van der Waals surface area contributed by atoms with Gasteiger partial charge in [-0.3, -0.25) is 9.59 Å². The van der Waals surface area contributed by atoms with Gasteiger partial charge < -0.3 is 14.7 Å². The third kappa shape index (κ3) is 2.92. The highest BCUT2D eigenvalue weighted by atomic mass is 16.5. The number of nitrogens with zero attached hydrogens (tertiary/aromatic N) is 1. The minimum Gasteiger partial charge on any atom is -0.466 e. The third-order valence-corrected chi connectivity index (χ3v) is 2.61. The second-order valence-corrected chi connectivity index (χ2v) is 3.68. The molecule has 2 atom stereocenters. The molecule has 1 heterocycles. The van der Waals surface area contributed by atoms with Crippen LogP contribution in [0.3, 0.4) is 0 Å².